The highest BCUT2D eigenvalue weighted by molar-refractivity contribution is 6.30. The molecule has 0 radical (unpaired) electrons. The average Bonchev–Trinajstić information content (AvgIpc) is 3.20. The fourth-order valence-corrected chi connectivity index (χ4v) is 3.75. The molecule has 1 aliphatic rings. The minimum atomic E-state index is -0.351. The molecule has 1 atom stereocenters. The topological polar surface area (TPSA) is 87.3 Å². The summed E-state index contributed by atoms with van der Waals surface area (Å²) in [6.07, 6.45) is 2.36. The normalized spacial score (nSPS) is 16.6. The Kier molecular flexibility index (Phi) is 6.01. The number of morpholine rings is 1. The second kappa shape index (κ2) is 8.85. The standard InChI is InChI=1S/C22H23ClN4O3/c1-2-14-4-3-5-15(8-14)19-13-27(6-7-30-19)21(28)12-25-22(29)17-9-16-10-20(23)24-11-18(16)26-17/h3-5,8-11,19,26H,2,6-7,12-13H2,1H3,(H,25,29). The van der Waals surface area contributed by atoms with Crippen LogP contribution in [0, 0.1) is 0 Å². The Morgan fingerprint density at radius 3 is 3.03 bits per heavy atom. The van der Waals surface area contributed by atoms with Gasteiger partial charge in [0.05, 0.1) is 31.4 Å². The number of carbonyl (C=O) groups excluding carboxylic acids is 2. The largest absolute Gasteiger partial charge is 0.370 e. The van der Waals surface area contributed by atoms with Crippen molar-refractivity contribution in [2.45, 2.75) is 19.4 Å². The summed E-state index contributed by atoms with van der Waals surface area (Å²) in [5.41, 5.74) is 3.38. The van der Waals surface area contributed by atoms with E-state index < -0.39 is 0 Å². The van der Waals surface area contributed by atoms with Gasteiger partial charge in [0.2, 0.25) is 5.91 Å². The van der Waals surface area contributed by atoms with Crippen molar-refractivity contribution in [2.75, 3.05) is 26.2 Å². The van der Waals surface area contributed by atoms with Crippen LogP contribution in [0.5, 0.6) is 0 Å². The zero-order valence-corrected chi connectivity index (χ0v) is 17.4. The van der Waals surface area contributed by atoms with Gasteiger partial charge in [0, 0.05) is 11.9 Å². The van der Waals surface area contributed by atoms with Gasteiger partial charge in [-0.15, -0.1) is 0 Å². The molecule has 1 fully saturated rings. The Labute approximate surface area is 179 Å². The van der Waals surface area contributed by atoms with Gasteiger partial charge in [-0.2, -0.15) is 0 Å². The Hall–Kier alpha value is -2.90. The zero-order chi connectivity index (χ0) is 21.1. The molecular formula is C22H23ClN4O3. The number of nitrogens with zero attached hydrogens (tertiary/aromatic N) is 2. The number of amides is 2. The molecule has 7 nitrogen and oxygen atoms in total. The van der Waals surface area contributed by atoms with Gasteiger partial charge in [-0.25, -0.2) is 4.98 Å². The Morgan fingerprint density at radius 2 is 2.20 bits per heavy atom. The number of pyridine rings is 1. The average molecular weight is 427 g/mol. The van der Waals surface area contributed by atoms with Crippen LogP contribution in [0.15, 0.2) is 42.6 Å². The number of benzene rings is 1. The van der Waals surface area contributed by atoms with Crippen molar-refractivity contribution in [1.29, 1.82) is 0 Å². The summed E-state index contributed by atoms with van der Waals surface area (Å²) >= 11 is 5.88. The quantitative estimate of drug-likeness (QED) is 0.614. The number of aromatic amines is 1. The first-order valence-corrected chi connectivity index (χ1v) is 10.3. The van der Waals surface area contributed by atoms with Crippen LogP contribution >= 0.6 is 11.6 Å². The van der Waals surface area contributed by atoms with Crippen molar-refractivity contribution in [3.05, 3.63) is 64.6 Å². The Balaban J connectivity index is 1.36. The summed E-state index contributed by atoms with van der Waals surface area (Å²) in [7, 11) is 0. The number of H-pyrrole nitrogens is 1. The van der Waals surface area contributed by atoms with Crippen LogP contribution in [0.3, 0.4) is 0 Å². The molecule has 156 valence electrons. The summed E-state index contributed by atoms with van der Waals surface area (Å²) in [6, 6.07) is 11.6. The summed E-state index contributed by atoms with van der Waals surface area (Å²) < 4.78 is 5.88. The highest BCUT2D eigenvalue weighted by Crippen LogP contribution is 2.23. The van der Waals surface area contributed by atoms with E-state index in [1.54, 1.807) is 23.2 Å². The van der Waals surface area contributed by atoms with Gasteiger partial charge < -0.3 is 19.9 Å². The number of ether oxygens (including phenoxy) is 1. The van der Waals surface area contributed by atoms with E-state index >= 15 is 0 Å². The molecule has 3 heterocycles. The van der Waals surface area contributed by atoms with E-state index in [0.29, 0.717) is 36.1 Å². The number of hydrogen-bond donors (Lipinski definition) is 2. The summed E-state index contributed by atoms with van der Waals surface area (Å²) in [5.74, 6) is -0.486. The van der Waals surface area contributed by atoms with Crippen LogP contribution in [-0.2, 0) is 16.0 Å². The minimum Gasteiger partial charge on any atom is -0.370 e. The number of aromatic nitrogens is 2. The maximum absolute atomic E-state index is 12.7. The first-order valence-electron chi connectivity index (χ1n) is 9.94. The zero-order valence-electron chi connectivity index (χ0n) is 16.7. The molecule has 0 saturated carbocycles. The third-order valence-corrected chi connectivity index (χ3v) is 5.47. The van der Waals surface area contributed by atoms with Gasteiger partial charge in [-0.05, 0) is 29.7 Å². The highest BCUT2D eigenvalue weighted by atomic mass is 35.5. The molecule has 4 rings (SSSR count). The molecule has 0 bridgehead atoms. The maximum Gasteiger partial charge on any atom is 0.268 e. The van der Waals surface area contributed by atoms with Crippen molar-refractivity contribution in [3.8, 4) is 0 Å². The number of fused-ring (bicyclic) bond motifs is 1. The van der Waals surface area contributed by atoms with Crippen molar-refractivity contribution in [1.82, 2.24) is 20.2 Å². The third kappa shape index (κ3) is 4.47. The summed E-state index contributed by atoms with van der Waals surface area (Å²) in [5, 5.41) is 3.83. The lowest BCUT2D eigenvalue weighted by Crippen LogP contribution is -2.46. The van der Waals surface area contributed by atoms with Crippen molar-refractivity contribution < 1.29 is 14.3 Å². The van der Waals surface area contributed by atoms with E-state index in [-0.39, 0.29) is 24.5 Å². The van der Waals surface area contributed by atoms with Gasteiger partial charge in [0.15, 0.2) is 0 Å². The number of halogens is 1. The van der Waals surface area contributed by atoms with Crippen molar-refractivity contribution >= 4 is 34.3 Å². The van der Waals surface area contributed by atoms with Crippen LogP contribution in [0.25, 0.3) is 10.9 Å². The highest BCUT2D eigenvalue weighted by Gasteiger charge is 2.26. The molecule has 1 unspecified atom stereocenters. The number of rotatable bonds is 5. The number of hydrogen-bond acceptors (Lipinski definition) is 4. The Morgan fingerprint density at radius 1 is 1.33 bits per heavy atom. The molecule has 3 aromatic rings. The molecule has 8 heteroatoms. The second-order valence-corrected chi connectivity index (χ2v) is 7.64. The lowest BCUT2D eigenvalue weighted by atomic mass is 10.0. The second-order valence-electron chi connectivity index (χ2n) is 7.26. The van der Waals surface area contributed by atoms with Crippen LogP contribution in [0.2, 0.25) is 5.15 Å². The first kappa shape index (κ1) is 20.4. The molecule has 30 heavy (non-hydrogen) atoms. The van der Waals surface area contributed by atoms with Crippen LogP contribution in [-0.4, -0.2) is 52.9 Å². The number of nitrogens with one attached hydrogen (secondary N) is 2. The van der Waals surface area contributed by atoms with E-state index in [2.05, 4.69) is 34.3 Å². The molecule has 0 spiro atoms. The fourth-order valence-electron chi connectivity index (χ4n) is 3.58. The van der Waals surface area contributed by atoms with E-state index in [0.717, 1.165) is 17.4 Å². The summed E-state index contributed by atoms with van der Waals surface area (Å²) in [6.45, 7) is 3.48. The Bertz CT molecular complexity index is 1080. The molecule has 0 aliphatic carbocycles. The smallest absolute Gasteiger partial charge is 0.268 e. The SMILES string of the molecule is CCc1cccc(C2CN(C(=O)CNC(=O)c3cc4cc(Cl)ncc4[nH]3)CCO2)c1. The fraction of sp³-hybridized carbons (Fsp3) is 0.318. The predicted octanol–water partition coefficient (Wildman–Crippen LogP) is 3.11. The first-order chi connectivity index (χ1) is 14.5. The monoisotopic (exact) mass is 426 g/mol. The molecule has 2 N–H and O–H groups in total. The minimum absolute atomic E-state index is 0.0745. The predicted molar refractivity (Wildman–Crippen MR) is 115 cm³/mol. The van der Waals surface area contributed by atoms with Gasteiger partial charge in [0.25, 0.3) is 5.91 Å². The van der Waals surface area contributed by atoms with E-state index in [1.165, 1.54) is 5.56 Å². The molecule has 2 aromatic heterocycles. The van der Waals surface area contributed by atoms with Crippen LogP contribution < -0.4 is 5.32 Å². The van der Waals surface area contributed by atoms with E-state index in [4.69, 9.17) is 16.3 Å². The molecule has 2 amide bonds. The lowest BCUT2D eigenvalue weighted by Gasteiger charge is -2.33. The van der Waals surface area contributed by atoms with E-state index in [9.17, 15) is 9.59 Å². The molecular weight excluding hydrogens is 404 g/mol. The van der Waals surface area contributed by atoms with Crippen molar-refractivity contribution in [3.63, 3.8) is 0 Å². The van der Waals surface area contributed by atoms with Gasteiger partial charge in [0.1, 0.15) is 17.0 Å². The van der Waals surface area contributed by atoms with Gasteiger partial charge in [-0.1, -0.05) is 42.8 Å². The molecule has 1 aromatic carbocycles. The van der Waals surface area contributed by atoms with E-state index in [1.807, 2.05) is 12.1 Å². The molecule has 1 aliphatic heterocycles. The summed E-state index contributed by atoms with van der Waals surface area (Å²) in [4.78, 5) is 33.8. The van der Waals surface area contributed by atoms with Crippen LogP contribution in [0.4, 0.5) is 0 Å². The lowest BCUT2D eigenvalue weighted by molar-refractivity contribution is -0.137. The van der Waals surface area contributed by atoms with Gasteiger partial charge in [-0.3, -0.25) is 9.59 Å². The number of carbonyl (C=O) groups is 2. The third-order valence-electron chi connectivity index (χ3n) is 5.27. The molecule has 1 saturated heterocycles. The van der Waals surface area contributed by atoms with Crippen molar-refractivity contribution in [2.24, 2.45) is 0 Å². The maximum atomic E-state index is 12.7. The van der Waals surface area contributed by atoms with Gasteiger partial charge >= 0.3 is 0 Å². The number of aryl methyl sites for hydroxylation is 1. The van der Waals surface area contributed by atoms with Crippen LogP contribution in [0.1, 0.15) is 34.6 Å².